The summed E-state index contributed by atoms with van der Waals surface area (Å²) in [4.78, 5) is 2.62. The maximum atomic E-state index is 11.2. The molecule has 1 saturated heterocycles. The molecule has 5 rings (SSSR count). The smallest absolute Gasteiger partial charge is 0.201 e. The quantitative estimate of drug-likeness (QED) is 0.537. The number of hydrogen-bond acceptors (Lipinski definition) is 4. The Balaban J connectivity index is 1.31. The molecule has 0 spiro atoms. The minimum atomic E-state index is -2.58. The normalized spacial score (nSPS) is 24.1. The second-order valence-electron chi connectivity index (χ2n) is 9.56. The minimum Gasteiger partial charge on any atom is -0.494 e. The maximum absolute atomic E-state index is 11.2. The molecule has 2 atom stereocenters. The van der Waals surface area contributed by atoms with Gasteiger partial charge < -0.3 is 4.74 Å². The van der Waals surface area contributed by atoms with Gasteiger partial charge in [-0.2, -0.15) is 0 Å². The molecule has 2 aliphatic carbocycles. The summed E-state index contributed by atoms with van der Waals surface area (Å²) >= 11 is 6.26. The average Bonchev–Trinajstić information content (AvgIpc) is 3.02. The first kappa shape index (κ1) is 22.2. The van der Waals surface area contributed by atoms with Gasteiger partial charge >= 0.3 is 0 Å². The Morgan fingerprint density at radius 2 is 1.97 bits per heavy atom. The molecule has 1 N–H and O–H groups in total. The van der Waals surface area contributed by atoms with Crippen LogP contribution in [0.4, 0.5) is 0 Å². The van der Waals surface area contributed by atoms with Crippen molar-refractivity contribution in [2.45, 2.75) is 62.4 Å². The van der Waals surface area contributed by atoms with Crippen molar-refractivity contribution in [3.63, 3.8) is 0 Å². The van der Waals surface area contributed by atoms with E-state index in [1.165, 1.54) is 36.2 Å². The summed E-state index contributed by atoms with van der Waals surface area (Å²) < 4.78 is 31.2. The van der Waals surface area contributed by atoms with Crippen molar-refractivity contribution in [2.75, 3.05) is 19.7 Å². The van der Waals surface area contributed by atoms with E-state index in [4.69, 9.17) is 16.3 Å². The lowest BCUT2D eigenvalue weighted by molar-refractivity contribution is 0.106. The summed E-state index contributed by atoms with van der Waals surface area (Å²) in [6.07, 6.45) is 6.90. The van der Waals surface area contributed by atoms with Crippen LogP contribution >= 0.6 is 11.6 Å². The Kier molecular flexibility index (Phi) is 6.48. The topological polar surface area (TPSA) is 58.6 Å². The first-order chi connectivity index (χ1) is 15.5. The summed E-state index contributed by atoms with van der Waals surface area (Å²) in [5, 5.41) is 0.789. The third-order valence-electron chi connectivity index (χ3n) is 7.60. The Labute approximate surface area is 197 Å². The molecule has 1 heterocycles. The van der Waals surface area contributed by atoms with Crippen molar-refractivity contribution in [1.29, 1.82) is 0 Å². The van der Waals surface area contributed by atoms with Gasteiger partial charge in [0.05, 0.1) is 6.61 Å². The maximum Gasteiger partial charge on any atom is 0.201 e. The monoisotopic (exact) mass is 474 g/mol. The lowest BCUT2D eigenvalue weighted by atomic mass is 9.75. The second kappa shape index (κ2) is 9.34. The Morgan fingerprint density at radius 3 is 2.62 bits per heavy atom. The highest BCUT2D eigenvalue weighted by atomic mass is 35.5. The van der Waals surface area contributed by atoms with Gasteiger partial charge in [-0.3, -0.25) is 4.90 Å². The largest absolute Gasteiger partial charge is 0.494 e. The van der Waals surface area contributed by atoms with Gasteiger partial charge in [0.15, 0.2) is 0 Å². The Morgan fingerprint density at radius 1 is 1.12 bits per heavy atom. The lowest BCUT2D eigenvalue weighted by Gasteiger charge is -2.40. The molecule has 0 radical (unpaired) electrons. The molecular weight excluding hydrogens is 444 g/mol. The number of fused-ring (bicyclic) bond motifs is 1. The highest BCUT2D eigenvalue weighted by Crippen LogP contribution is 2.42. The van der Waals surface area contributed by atoms with Crippen LogP contribution in [0.1, 0.15) is 54.7 Å². The number of hydrogen-bond donors (Lipinski definition) is 2. The molecule has 2 fully saturated rings. The first-order valence-corrected chi connectivity index (χ1v) is 13.2. The number of halogens is 1. The molecule has 3 aliphatic rings. The molecule has 0 amide bonds. The van der Waals surface area contributed by atoms with E-state index in [2.05, 4.69) is 40.0 Å². The molecule has 32 heavy (non-hydrogen) atoms. The van der Waals surface area contributed by atoms with E-state index in [9.17, 15) is 8.42 Å². The molecule has 5 nitrogen and oxygen atoms in total. The van der Waals surface area contributed by atoms with Crippen LogP contribution in [0, 0.1) is 0 Å². The fourth-order valence-corrected chi connectivity index (χ4v) is 6.50. The standard InChI is InChI=1S/C25H31ClN2O3S/c26-20-5-1-4-18(14-20)15-23-22-17-21(7-6-19(22)16-24(23)28-11-3-12-28)31-13-10-25(8-2-9-25)27-32(29)30/h1,4-7,14,17,23-24,32H,2-3,8-13,15-16H2,(H,27,29,30). The van der Waals surface area contributed by atoms with Crippen LogP contribution < -0.4 is 9.46 Å². The zero-order valence-corrected chi connectivity index (χ0v) is 19.9. The fourth-order valence-electron chi connectivity index (χ4n) is 5.57. The summed E-state index contributed by atoms with van der Waals surface area (Å²) in [5.74, 6) is 1.31. The van der Waals surface area contributed by atoms with Crippen LogP contribution in [0.2, 0.25) is 5.02 Å². The van der Waals surface area contributed by atoms with Crippen molar-refractivity contribution < 1.29 is 13.2 Å². The third-order valence-corrected chi connectivity index (χ3v) is 8.50. The van der Waals surface area contributed by atoms with Crippen LogP contribution in [-0.4, -0.2) is 44.6 Å². The highest BCUT2D eigenvalue weighted by Gasteiger charge is 2.39. The molecule has 2 aromatic carbocycles. The Hall–Kier alpha value is -1.60. The molecular formula is C25H31ClN2O3S. The molecule has 1 saturated carbocycles. The van der Waals surface area contributed by atoms with Gasteiger partial charge in [-0.05, 0) is 92.6 Å². The van der Waals surface area contributed by atoms with Gasteiger partial charge in [-0.15, -0.1) is 0 Å². The zero-order chi connectivity index (χ0) is 22.1. The van der Waals surface area contributed by atoms with E-state index in [0.29, 0.717) is 25.0 Å². The van der Waals surface area contributed by atoms with Gasteiger partial charge in [0.1, 0.15) is 5.75 Å². The summed E-state index contributed by atoms with van der Waals surface area (Å²) in [5.41, 5.74) is 3.78. The van der Waals surface area contributed by atoms with Crippen molar-refractivity contribution >= 4 is 22.5 Å². The van der Waals surface area contributed by atoms with E-state index in [1.54, 1.807) is 0 Å². The second-order valence-corrected chi connectivity index (χ2v) is 10.7. The molecule has 2 aromatic rings. The predicted octanol–water partition coefficient (Wildman–Crippen LogP) is 4.10. The molecule has 1 aliphatic heterocycles. The zero-order valence-electron chi connectivity index (χ0n) is 18.3. The number of likely N-dealkylation sites (tertiary alicyclic amines) is 1. The minimum absolute atomic E-state index is 0.302. The van der Waals surface area contributed by atoms with Gasteiger partial charge in [0.25, 0.3) is 0 Å². The van der Waals surface area contributed by atoms with Crippen molar-refractivity contribution in [3.05, 3.63) is 64.2 Å². The molecule has 0 bridgehead atoms. The number of benzene rings is 2. The van der Waals surface area contributed by atoms with Crippen LogP contribution in [0.15, 0.2) is 42.5 Å². The van der Waals surface area contributed by atoms with E-state index in [-0.39, 0.29) is 5.54 Å². The summed E-state index contributed by atoms with van der Waals surface area (Å²) in [6.45, 7) is 2.89. The fraction of sp³-hybridized carbons (Fsp3) is 0.520. The van der Waals surface area contributed by atoms with Gasteiger partial charge in [-0.25, -0.2) is 13.1 Å². The molecule has 2 unspecified atom stereocenters. The van der Waals surface area contributed by atoms with E-state index < -0.39 is 10.9 Å². The molecule has 0 aromatic heterocycles. The molecule has 172 valence electrons. The number of nitrogens with one attached hydrogen (secondary N) is 1. The predicted molar refractivity (Wildman–Crippen MR) is 128 cm³/mol. The van der Waals surface area contributed by atoms with Crippen LogP contribution in [0.25, 0.3) is 0 Å². The van der Waals surface area contributed by atoms with Crippen LogP contribution in [0.5, 0.6) is 5.75 Å². The molecule has 7 heteroatoms. The highest BCUT2D eigenvalue weighted by molar-refractivity contribution is 7.70. The van der Waals surface area contributed by atoms with Crippen LogP contribution in [-0.2, 0) is 23.7 Å². The number of ether oxygens (including phenoxy) is 1. The Bertz CT molecular complexity index is 1040. The van der Waals surface area contributed by atoms with Gasteiger partial charge in [-0.1, -0.05) is 29.8 Å². The summed E-state index contributed by atoms with van der Waals surface area (Å²) in [6, 6.07) is 15.3. The van der Waals surface area contributed by atoms with E-state index in [1.807, 2.05) is 12.1 Å². The van der Waals surface area contributed by atoms with E-state index in [0.717, 1.165) is 42.9 Å². The number of rotatable bonds is 9. The van der Waals surface area contributed by atoms with Gasteiger partial charge in [0, 0.05) is 28.9 Å². The SMILES string of the molecule is O=[SH](=O)NC1(CCOc2ccc3c(c2)C(Cc2cccc(Cl)c2)C(N2CCC2)C3)CCC1. The number of thiol groups is 1. The van der Waals surface area contributed by atoms with Crippen molar-refractivity contribution in [1.82, 2.24) is 9.62 Å². The third kappa shape index (κ3) is 4.69. The summed E-state index contributed by atoms with van der Waals surface area (Å²) in [7, 11) is -2.58. The van der Waals surface area contributed by atoms with Crippen LogP contribution in [0.3, 0.4) is 0 Å². The van der Waals surface area contributed by atoms with Crippen molar-refractivity contribution in [3.8, 4) is 5.75 Å². The van der Waals surface area contributed by atoms with Gasteiger partial charge in [0.2, 0.25) is 10.9 Å². The average molecular weight is 475 g/mol. The van der Waals surface area contributed by atoms with Crippen molar-refractivity contribution in [2.24, 2.45) is 0 Å². The van der Waals surface area contributed by atoms with E-state index >= 15 is 0 Å². The number of nitrogens with zero attached hydrogens (tertiary/aromatic N) is 1. The first-order valence-electron chi connectivity index (χ1n) is 11.7. The lowest BCUT2D eigenvalue weighted by Crippen LogP contribution is -2.51.